The standard InChI is InChI=1S/C12H14ClN3S2/c1-7(14)5-9-3-4-11(10(13)6-9)17-12-15-8(2)16-18-12/h3-4,6-7H,5,14H2,1-2H3. The first kappa shape index (κ1) is 13.8. The zero-order valence-corrected chi connectivity index (χ0v) is 12.6. The highest BCUT2D eigenvalue weighted by molar-refractivity contribution is 8.01. The Balaban J connectivity index is 2.14. The summed E-state index contributed by atoms with van der Waals surface area (Å²) in [4.78, 5) is 5.31. The number of nitrogens with zero attached hydrogens (tertiary/aromatic N) is 2. The number of hydrogen-bond acceptors (Lipinski definition) is 5. The molecule has 18 heavy (non-hydrogen) atoms. The molecule has 2 N–H and O–H groups in total. The number of hydrogen-bond donors (Lipinski definition) is 1. The predicted molar refractivity (Wildman–Crippen MR) is 77.6 cm³/mol. The quantitative estimate of drug-likeness (QED) is 0.938. The fourth-order valence-corrected chi connectivity index (χ4v) is 3.47. The topological polar surface area (TPSA) is 51.8 Å². The second kappa shape index (κ2) is 6.02. The Morgan fingerprint density at radius 2 is 2.28 bits per heavy atom. The highest BCUT2D eigenvalue weighted by Crippen LogP contribution is 2.34. The Morgan fingerprint density at radius 3 is 2.83 bits per heavy atom. The second-order valence-corrected chi connectivity index (χ2v) is 6.60. The molecular weight excluding hydrogens is 286 g/mol. The van der Waals surface area contributed by atoms with Gasteiger partial charge in [-0.15, -0.1) is 0 Å². The summed E-state index contributed by atoms with van der Waals surface area (Å²) < 4.78 is 5.06. The van der Waals surface area contributed by atoms with E-state index in [1.807, 2.05) is 26.0 Å². The monoisotopic (exact) mass is 299 g/mol. The third kappa shape index (κ3) is 3.68. The molecule has 6 heteroatoms. The summed E-state index contributed by atoms with van der Waals surface area (Å²) in [6.45, 7) is 3.87. The minimum Gasteiger partial charge on any atom is -0.328 e. The lowest BCUT2D eigenvalue weighted by molar-refractivity contribution is 0.738. The van der Waals surface area contributed by atoms with Crippen LogP contribution in [0.1, 0.15) is 18.3 Å². The lowest BCUT2D eigenvalue weighted by Crippen LogP contribution is -2.17. The fraction of sp³-hybridized carbons (Fsp3) is 0.333. The van der Waals surface area contributed by atoms with Gasteiger partial charge in [0.25, 0.3) is 0 Å². The van der Waals surface area contributed by atoms with Crippen molar-refractivity contribution < 1.29 is 0 Å². The SMILES string of the molecule is Cc1nsc(Sc2ccc(CC(C)N)cc2Cl)n1. The molecule has 1 heterocycles. The lowest BCUT2D eigenvalue weighted by Gasteiger charge is -2.07. The average molecular weight is 300 g/mol. The highest BCUT2D eigenvalue weighted by atomic mass is 35.5. The maximum atomic E-state index is 6.26. The van der Waals surface area contributed by atoms with E-state index in [0.717, 1.165) is 32.1 Å². The maximum Gasteiger partial charge on any atom is 0.174 e. The van der Waals surface area contributed by atoms with Gasteiger partial charge in [-0.05, 0) is 49.5 Å². The van der Waals surface area contributed by atoms with Gasteiger partial charge in [0.15, 0.2) is 4.34 Å². The molecule has 0 saturated heterocycles. The number of halogens is 1. The minimum atomic E-state index is 0.144. The van der Waals surface area contributed by atoms with Gasteiger partial charge in [0, 0.05) is 10.9 Å². The molecule has 2 aromatic rings. The molecule has 0 spiro atoms. The number of aryl methyl sites for hydroxylation is 1. The highest BCUT2D eigenvalue weighted by Gasteiger charge is 2.08. The third-order valence-corrected chi connectivity index (χ3v) is 4.60. The van der Waals surface area contributed by atoms with Crippen LogP contribution in [0.25, 0.3) is 0 Å². The van der Waals surface area contributed by atoms with Crippen molar-refractivity contribution in [1.82, 2.24) is 9.36 Å². The predicted octanol–water partition coefficient (Wildman–Crippen LogP) is 3.54. The van der Waals surface area contributed by atoms with Crippen LogP contribution >= 0.6 is 34.9 Å². The number of nitrogens with two attached hydrogens (primary N) is 1. The lowest BCUT2D eigenvalue weighted by atomic mass is 10.1. The largest absolute Gasteiger partial charge is 0.328 e. The van der Waals surface area contributed by atoms with Gasteiger partial charge >= 0.3 is 0 Å². The van der Waals surface area contributed by atoms with E-state index in [0.29, 0.717) is 0 Å². The van der Waals surface area contributed by atoms with Crippen LogP contribution in [0.5, 0.6) is 0 Å². The number of aromatic nitrogens is 2. The molecule has 0 aliphatic heterocycles. The van der Waals surface area contributed by atoms with Crippen LogP contribution in [0.3, 0.4) is 0 Å². The summed E-state index contributed by atoms with van der Waals surface area (Å²) in [5.41, 5.74) is 6.93. The zero-order chi connectivity index (χ0) is 13.1. The van der Waals surface area contributed by atoms with Crippen molar-refractivity contribution in [3.05, 3.63) is 34.6 Å². The van der Waals surface area contributed by atoms with Gasteiger partial charge in [0.1, 0.15) is 5.82 Å². The molecule has 0 fully saturated rings. The van der Waals surface area contributed by atoms with Gasteiger partial charge < -0.3 is 5.73 Å². The molecule has 2 rings (SSSR count). The van der Waals surface area contributed by atoms with Gasteiger partial charge in [-0.3, -0.25) is 0 Å². The molecule has 0 aliphatic rings. The van der Waals surface area contributed by atoms with Crippen molar-refractivity contribution >= 4 is 34.9 Å². The van der Waals surface area contributed by atoms with E-state index in [2.05, 4.69) is 15.4 Å². The van der Waals surface area contributed by atoms with E-state index in [-0.39, 0.29) is 6.04 Å². The summed E-state index contributed by atoms with van der Waals surface area (Å²) in [6.07, 6.45) is 0.836. The van der Waals surface area contributed by atoms with Gasteiger partial charge in [0.2, 0.25) is 0 Å². The van der Waals surface area contributed by atoms with E-state index in [1.165, 1.54) is 11.5 Å². The van der Waals surface area contributed by atoms with Crippen LogP contribution in [0.15, 0.2) is 27.4 Å². The van der Waals surface area contributed by atoms with Gasteiger partial charge in [-0.2, -0.15) is 4.37 Å². The molecule has 0 amide bonds. The first-order valence-electron chi connectivity index (χ1n) is 5.57. The molecule has 3 nitrogen and oxygen atoms in total. The van der Waals surface area contributed by atoms with Crippen molar-refractivity contribution in [2.75, 3.05) is 0 Å². The van der Waals surface area contributed by atoms with Gasteiger partial charge in [-0.25, -0.2) is 4.98 Å². The first-order valence-corrected chi connectivity index (χ1v) is 7.53. The van der Waals surface area contributed by atoms with Gasteiger partial charge in [0.05, 0.1) is 5.02 Å². The van der Waals surface area contributed by atoms with Crippen LogP contribution in [0, 0.1) is 6.92 Å². The molecule has 0 aliphatic carbocycles. The normalized spacial score (nSPS) is 12.7. The molecule has 0 saturated carbocycles. The summed E-state index contributed by atoms with van der Waals surface area (Å²) in [5, 5.41) is 0.742. The van der Waals surface area contributed by atoms with Crippen molar-refractivity contribution in [1.29, 1.82) is 0 Å². The Hall–Kier alpha value is -0.620. The van der Waals surface area contributed by atoms with E-state index >= 15 is 0 Å². The number of benzene rings is 1. The van der Waals surface area contributed by atoms with E-state index < -0.39 is 0 Å². The van der Waals surface area contributed by atoms with E-state index in [1.54, 1.807) is 11.8 Å². The smallest absolute Gasteiger partial charge is 0.174 e. The first-order chi connectivity index (χ1) is 8.54. The van der Waals surface area contributed by atoms with E-state index in [4.69, 9.17) is 17.3 Å². The molecule has 0 radical (unpaired) electrons. The maximum absolute atomic E-state index is 6.26. The number of rotatable bonds is 4. The molecule has 96 valence electrons. The minimum absolute atomic E-state index is 0.144. The van der Waals surface area contributed by atoms with Gasteiger partial charge in [-0.1, -0.05) is 29.4 Å². The molecule has 1 aromatic carbocycles. The second-order valence-electron chi connectivity index (χ2n) is 4.16. The van der Waals surface area contributed by atoms with Crippen LogP contribution < -0.4 is 5.73 Å². The van der Waals surface area contributed by atoms with Crippen molar-refractivity contribution in [3.8, 4) is 0 Å². The van der Waals surface area contributed by atoms with Crippen LogP contribution in [0.4, 0.5) is 0 Å². The summed E-state index contributed by atoms with van der Waals surface area (Å²) >= 11 is 9.20. The summed E-state index contributed by atoms with van der Waals surface area (Å²) in [5.74, 6) is 0.798. The van der Waals surface area contributed by atoms with Crippen molar-refractivity contribution in [2.45, 2.75) is 35.5 Å². The Morgan fingerprint density at radius 1 is 1.50 bits per heavy atom. The molecule has 1 atom stereocenters. The van der Waals surface area contributed by atoms with E-state index in [9.17, 15) is 0 Å². The molecule has 1 aromatic heterocycles. The zero-order valence-electron chi connectivity index (χ0n) is 10.2. The average Bonchev–Trinajstić information content (AvgIpc) is 2.67. The third-order valence-electron chi connectivity index (χ3n) is 2.26. The van der Waals surface area contributed by atoms with Crippen LogP contribution in [-0.4, -0.2) is 15.4 Å². The van der Waals surface area contributed by atoms with Crippen molar-refractivity contribution in [3.63, 3.8) is 0 Å². The Kier molecular flexibility index (Phi) is 4.61. The van der Waals surface area contributed by atoms with Crippen LogP contribution in [-0.2, 0) is 6.42 Å². The Bertz CT molecular complexity index is 540. The fourth-order valence-electron chi connectivity index (χ4n) is 1.54. The van der Waals surface area contributed by atoms with Crippen LogP contribution in [0.2, 0.25) is 5.02 Å². The molecule has 0 bridgehead atoms. The molecule has 1 unspecified atom stereocenters. The molecular formula is C12H14ClN3S2. The summed E-state index contributed by atoms with van der Waals surface area (Å²) in [6, 6.07) is 6.19. The summed E-state index contributed by atoms with van der Waals surface area (Å²) in [7, 11) is 0. The van der Waals surface area contributed by atoms with Crippen molar-refractivity contribution in [2.24, 2.45) is 5.73 Å². The Labute approximate surface area is 120 Å².